The quantitative estimate of drug-likeness (QED) is 0.887. The van der Waals surface area contributed by atoms with E-state index in [4.69, 9.17) is 5.11 Å². The number of hydrogen-bond acceptors (Lipinski definition) is 2. The van der Waals surface area contributed by atoms with Gasteiger partial charge in [-0.2, -0.15) is 13.2 Å². The van der Waals surface area contributed by atoms with Crippen LogP contribution >= 0.6 is 0 Å². The lowest BCUT2D eigenvalue weighted by molar-refractivity contribution is -0.138. The minimum Gasteiger partial charge on any atom is -0.392 e. The molecule has 17 heavy (non-hydrogen) atoms. The molecule has 1 rings (SSSR count). The van der Waals surface area contributed by atoms with E-state index in [9.17, 15) is 13.2 Å². The third-order valence-electron chi connectivity index (χ3n) is 2.75. The molecule has 0 atom stereocenters. The van der Waals surface area contributed by atoms with Crippen LogP contribution < -0.4 is 4.90 Å². The standard InChI is InChI=1S/C12H16F3NO/c1-8(2)16(3)10-5-4-9(7-17)11(6-10)12(13,14)15/h4-6,8,17H,7H2,1-3H3. The molecule has 0 saturated heterocycles. The van der Waals surface area contributed by atoms with Crippen LogP contribution in [-0.2, 0) is 12.8 Å². The first-order chi connectivity index (χ1) is 7.77. The third kappa shape index (κ3) is 3.12. The van der Waals surface area contributed by atoms with Crippen LogP contribution in [0, 0.1) is 0 Å². The lowest BCUT2D eigenvalue weighted by Crippen LogP contribution is -2.26. The molecule has 0 heterocycles. The number of aliphatic hydroxyl groups is 1. The molecule has 0 aromatic heterocycles. The second kappa shape index (κ2) is 4.96. The average molecular weight is 247 g/mol. The van der Waals surface area contributed by atoms with E-state index in [0.717, 1.165) is 6.07 Å². The Kier molecular flexibility index (Phi) is 4.03. The summed E-state index contributed by atoms with van der Waals surface area (Å²) in [4.78, 5) is 1.75. The molecule has 1 N–H and O–H groups in total. The molecule has 0 aliphatic rings. The van der Waals surface area contributed by atoms with Gasteiger partial charge in [0.2, 0.25) is 0 Å². The number of anilines is 1. The summed E-state index contributed by atoms with van der Waals surface area (Å²) in [6.45, 7) is 3.18. The van der Waals surface area contributed by atoms with Crippen molar-refractivity contribution < 1.29 is 18.3 Å². The zero-order valence-corrected chi connectivity index (χ0v) is 10.0. The Morgan fingerprint density at radius 3 is 2.29 bits per heavy atom. The molecule has 2 nitrogen and oxygen atoms in total. The predicted molar refractivity (Wildman–Crippen MR) is 60.9 cm³/mol. The van der Waals surface area contributed by atoms with Gasteiger partial charge in [0.15, 0.2) is 0 Å². The number of benzene rings is 1. The van der Waals surface area contributed by atoms with Crippen molar-refractivity contribution in [2.75, 3.05) is 11.9 Å². The zero-order valence-electron chi connectivity index (χ0n) is 10.0. The average Bonchev–Trinajstić information content (AvgIpc) is 2.25. The van der Waals surface area contributed by atoms with Gasteiger partial charge < -0.3 is 10.0 Å². The van der Waals surface area contributed by atoms with Crippen LogP contribution in [0.15, 0.2) is 18.2 Å². The molecule has 96 valence electrons. The minimum atomic E-state index is -4.44. The smallest absolute Gasteiger partial charge is 0.392 e. The van der Waals surface area contributed by atoms with Crippen molar-refractivity contribution >= 4 is 5.69 Å². The molecule has 0 spiro atoms. The summed E-state index contributed by atoms with van der Waals surface area (Å²) in [5.74, 6) is 0. The Bertz CT molecular complexity index is 388. The number of nitrogens with zero attached hydrogens (tertiary/aromatic N) is 1. The number of aliphatic hydroxyl groups excluding tert-OH is 1. The monoisotopic (exact) mass is 247 g/mol. The maximum Gasteiger partial charge on any atom is 0.416 e. The third-order valence-corrected chi connectivity index (χ3v) is 2.75. The first kappa shape index (κ1) is 13.8. The van der Waals surface area contributed by atoms with Crippen LogP contribution in [0.1, 0.15) is 25.0 Å². The lowest BCUT2D eigenvalue weighted by atomic mass is 10.1. The van der Waals surface area contributed by atoms with Crippen molar-refractivity contribution in [2.45, 2.75) is 32.7 Å². The Balaban J connectivity index is 3.23. The van der Waals surface area contributed by atoms with Gasteiger partial charge in [-0.3, -0.25) is 0 Å². The lowest BCUT2D eigenvalue weighted by Gasteiger charge is -2.25. The first-order valence-corrected chi connectivity index (χ1v) is 5.31. The van der Waals surface area contributed by atoms with Crippen molar-refractivity contribution in [1.82, 2.24) is 0 Å². The van der Waals surface area contributed by atoms with Crippen molar-refractivity contribution in [3.63, 3.8) is 0 Å². The summed E-state index contributed by atoms with van der Waals surface area (Å²) < 4.78 is 38.3. The molecule has 1 aromatic rings. The normalized spacial score (nSPS) is 12.0. The summed E-state index contributed by atoms with van der Waals surface area (Å²) in [6, 6.07) is 4.08. The molecular weight excluding hydrogens is 231 g/mol. The van der Waals surface area contributed by atoms with Gasteiger partial charge in [-0.15, -0.1) is 0 Å². The highest BCUT2D eigenvalue weighted by Gasteiger charge is 2.33. The zero-order chi connectivity index (χ0) is 13.2. The molecule has 0 aliphatic carbocycles. The van der Waals surface area contributed by atoms with Crippen LogP contribution in [0.25, 0.3) is 0 Å². The van der Waals surface area contributed by atoms with Gasteiger partial charge in [0.25, 0.3) is 0 Å². The van der Waals surface area contributed by atoms with Gasteiger partial charge in [-0.05, 0) is 31.5 Å². The molecule has 1 aromatic carbocycles. The Labute approximate surface area is 98.7 Å². The number of halogens is 3. The van der Waals surface area contributed by atoms with Crippen LogP contribution in [-0.4, -0.2) is 18.2 Å². The van der Waals surface area contributed by atoms with E-state index in [1.807, 2.05) is 13.8 Å². The summed E-state index contributed by atoms with van der Waals surface area (Å²) in [5.41, 5.74) is -0.382. The van der Waals surface area contributed by atoms with E-state index >= 15 is 0 Å². The molecule has 0 radical (unpaired) electrons. The van der Waals surface area contributed by atoms with E-state index < -0.39 is 18.3 Å². The molecule has 0 saturated carbocycles. The second-order valence-electron chi connectivity index (χ2n) is 4.20. The highest BCUT2D eigenvalue weighted by Crippen LogP contribution is 2.34. The van der Waals surface area contributed by atoms with Gasteiger partial charge in [-0.25, -0.2) is 0 Å². The number of hydrogen-bond donors (Lipinski definition) is 1. The highest BCUT2D eigenvalue weighted by atomic mass is 19.4. The SMILES string of the molecule is CC(C)N(C)c1ccc(CO)c(C(F)(F)F)c1. The van der Waals surface area contributed by atoms with Gasteiger partial charge in [0, 0.05) is 18.8 Å². The fraction of sp³-hybridized carbons (Fsp3) is 0.500. The molecule has 0 fully saturated rings. The van der Waals surface area contributed by atoms with Crippen LogP contribution in [0.3, 0.4) is 0 Å². The number of alkyl halides is 3. The molecule has 0 unspecified atom stereocenters. The number of rotatable bonds is 3. The van der Waals surface area contributed by atoms with E-state index in [-0.39, 0.29) is 11.6 Å². The second-order valence-corrected chi connectivity index (χ2v) is 4.20. The first-order valence-electron chi connectivity index (χ1n) is 5.31. The van der Waals surface area contributed by atoms with Crippen molar-refractivity contribution in [2.24, 2.45) is 0 Å². The molecular formula is C12H16F3NO. The van der Waals surface area contributed by atoms with E-state index in [1.54, 1.807) is 18.0 Å². The summed E-state index contributed by atoms with van der Waals surface area (Å²) in [6.07, 6.45) is -4.44. The Morgan fingerprint density at radius 1 is 1.29 bits per heavy atom. The largest absolute Gasteiger partial charge is 0.416 e. The molecule has 0 amide bonds. The van der Waals surface area contributed by atoms with Gasteiger partial charge >= 0.3 is 6.18 Å². The van der Waals surface area contributed by atoms with Crippen LogP contribution in [0.4, 0.5) is 18.9 Å². The van der Waals surface area contributed by atoms with Gasteiger partial charge in [0.05, 0.1) is 12.2 Å². The maximum absolute atomic E-state index is 12.8. The van der Waals surface area contributed by atoms with E-state index in [1.165, 1.54) is 6.07 Å². The van der Waals surface area contributed by atoms with Gasteiger partial charge in [0.1, 0.15) is 0 Å². The highest BCUT2D eigenvalue weighted by molar-refractivity contribution is 5.51. The van der Waals surface area contributed by atoms with E-state index in [0.29, 0.717) is 5.69 Å². The van der Waals surface area contributed by atoms with Crippen molar-refractivity contribution in [3.8, 4) is 0 Å². The minimum absolute atomic E-state index is 0.0987. The van der Waals surface area contributed by atoms with Gasteiger partial charge in [-0.1, -0.05) is 6.07 Å². The molecule has 0 bridgehead atoms. The van der Waals surface area contributed by atoms with Crippen LogP contribution in [0.5, 0.6) is 0 Å². The Morgan fingerprint density at radius 2 is 1.88 bits per heavy atom. The topological polar surface area (TPSA) is 23.5 Å². The molecule has 5 heteroatoms. The van der Waals surface area contributed by atoms with Crippen molar-refractivity contribution in [3.05, 3.63) is 29.3 Å². The Hall–Kier alpha value is -1.23. The van der Waals surface area contributed by atoms with E-state index in [2.05, 4.69) is 0 Å². The maximum atomic E-state index is 12.8. The van der Waals surface area contributed by atoms with Crippen LogP contribution in [0.2, 0.25) is 0 Å². The summed E-state index contributed by atoms with van der Waals surface area (Å²) in [7, 11) is 1.73. The fourth-order valence-electron chi connectivity index (χ4n) is 1.48. The predicted octanol–water partition coefficient (Wildman–Crippen LogP) is 3.04. The summed E-state index contributed by atoms with van der Waals surface area (Å²) >= 11 is 0. The van der Waals surface area contributed by atoms with Crippen molar-refractivity contribution in [1.29, 1.82) is 0 Å². The summed E-state index contributed by atoms with van der Waals surface area (Å²) in [5, 5.41) is 8.91. The fourth-order valence-corrected chi connectivity index (χ4v) is 1.48. The molecule has 0 aliphatic heterocycles.